The fourth-order valence-corrected chi connectivity index (χ4v) is 2.80. The number of nitrogens with zero attached hydrogens (tertiary/aromatic N) is 3. The molecule has 0 saturated heterocycles. The summed E-state index contributed by atoms with van der Waals surface area (Å²) < 4.78 is 5.54. The van der Waals surface area contributed by atoms with Gasteiger partial charge in [0.1, 0.15) is 0 Å². The Labute approximate surface area is 156 Å². The van der Waals surface area contributed by atoms with Gasteiger partial charge in [-0.15, -0.1) is 0 Å². The van der Waals surface area contributed by atoms with E-state index >= 15 is 0 Å². The van der Waals surface area contributed by atoms with E-state index in [-0.39, 0.29) is 12.1 Å². The van der Waals surface area contributed by atoms with E-state index < -0.39 is 0 Å². The van der Waals surface area contributed by atoms with Crippen LogP contribution in [0.5, 0.6) is 0 Å². The molecule has 0 saturated carbocycles. The molecule has 6 nitrogen and oxygen atoms in total. The molecule has 0 spiro atoms. The third-order valence-corrected chi connectivity index (χ3v) is 4.96. The minimum atomic E-state index is -0.00594. The van der Waals surface area contributed by atoms with Gasteiger partial charge in [0.25, 0.3) is 0 Å². The first-order chi connectivity index (χ1) is 11.8. The maximum Gasteiger partial charge on any atom is 0.0956 e. The first-order valence-electron chi connectivity index (χ1n) is 9.83. The normalized spacial score (nSPS) is 15.8. The third kappa shape index (κ3) is 12.4. The Bertz CT molecular complexity index is 327. The lowest BCUT2D eigenvalue weighted by molar-refractivity contribution is 0.0776. The SMILES string of the molecule is CCN(C)CCN(C)CC(CNC(CCCC(C)C)C(C)OC)N=N. The number of rotatable bonds is 16. The van der Waals surface area contributed by atoms with Crippen LogP contribution in [-0.4, -0.2) is 81.9 Å². The molecule has 2 N–H and O–H groups in total. The van der Waals surface area contributed by atoms with Crippen molar-refractivity contribution in [2.45, 2.75) is 65.1 Å². The Balaban J connectivity index is 4.33. The van der Waals surface area contributed by atoms with Crippen LogP contribution in [0.1, 0.15) is 47.0 Å². The number of nitrogens with one attached hydrogen (secondary N) is 2. The maximum absolute atomic E-state index is 7.51. The molecule has 6 heteroatoms. The molecule has 0 fully saturated rings. The lowest BCUT2D eigenvalue weighted by atomic mass is 10.00. The van der Waals surface area contributed by atoms with E-state index in [9.17, 15) is 0 Å². The predicted molar refractivity (Wildman–Crippen MR) is 107 cm³/mol. The van der Waals surface area contributed by atoms with E-state index in [1.54, 1.807) is 7.11 Å². The molecule has 0 rings (SSSR count). The van der Waals surface area contributed by atoms with Gasteiger partial charge in [0.2, 0.25) is 0 Å². The Morgan fingerprint density at radius 3 is 2.24 bits per heavy atom. The highest BCUT2D eigenvalue weighted by Crippen LogP contribution is 2.12. The van der Waals surface area contributed by atoms with E-state index in [4.69, 9.17) is 10.3 Å². The summed E-state index contributed by atoms with van der Waals surface area (Å²) in [7, 11) is 6.02. The summed E-state index contributed by atoms with van der Waals surface area (Å²) in [5.41, 5.74) is 7.51. The van der Waals surface area contributed by atoms with Crippen molar-refractivity contribution in [1.29, 1.82) is 5.53 Å². The molecule has 0 heterocycles. The minimum absolute atomic E-state index is 0.00594. The van der Waals surface area contributed by atoms with Crippen molar-refractivity contribution in [2.24, 2.45) is 11.0 Å². The smallest absolute Gasteiger partial charge is 0.0956 e. The fraction of sp³-hybridized carbons (Fsp3) is 1.00. The molecule has 0 aliphatic heterocycles. The number of ether oxygens (including phenoxy) is 1. The summed E-state index contributed by atoms with van der Waals surface area (Å²) in [6.45, 7) is 13.5. The van der Waals surface area contributed by atoms with Gasteiger partial charge in [-0.1, -0.05) is 33.6 Å². The van der Waals surface area contributed by atoms with E-state index in [2.05, 4.69) is 62.0 Å². The molecular weight excluding hydrogens is 314 g/mol. The van der Waals surface area contributed by atoms with Crippen LogP contribution in [-0.2, 0) is 4.74 Å². The monoisotopic (exact) mass is 357 g/mol. The number of likely N-dealkylation sites (N-methyl/N-ethyl adjacent to an activating group) is 2. The van der Waals surface area contributed by atoms with E-state index in [0.29, 0.717) is 6.04 Å². The molecule has 3 atom stereocenters. The van der Waals surface area contributed by atoms with Gasteiger partial charge in [-0.2, -0.15) is 5.11 Å². The molecule has 0 amide bonds. The third-order valence-electron chi connectivity index (χ3n) is 4.96. The molecule has 25 heavy (non-hydrogen) atoms. The van der Waals surface area contributed by atoms with Crippen LogP contribution in [0.4, 0.5) is 0 Å². The van der Waals surface area contributed by atoms with Gasteiger partial charge in [-0.3, -0.25) is 0 Å². The lowest BCUT2D eigenvalue weighted by Gasteiger charge is -2.27. The first kappa shape index (κ1) is 24.4. The van der Waals surface area contributed by atoms with Gasteiger partial charge in [0.05, 0.1) is 12.1 Å². The molecule has 0 aliphatic carbocycles. The second-order valence-corrected chi connectivity index (χ2v) is 7.72. The standard InChI is InChI=1S/C19H43N5O/c1-8-23(5)12-13-24(6)15-18(22-20)14-21-19(17(4)25-7)11-9-10-16(2)3/h16-21H,8-15H2,1-7H3. The predicted octanol–water partition coefficient (Wildman–Crippen LogP) is 3.09. The largest absolute Gasteiger partial charge is 0.380 e. The Morgan fingerprint density at radius 1 is 1.08 bits per heavy atom. The highest BCUT2D eigenvalue weighted by atomic mass is 16.5. The van der Waals surface area contributed by atoms with Crippen molar-refractivity contribution >= 4 is 0 Å². The summed E-state index contributed by atoms with van der Waals surface area (Å²) in [6, 6.07) is 0.318. The minimum Gasteiger partial charge on any atom is -0.380 e. The van der Waals surface area contributed by atoms with Gasteiger partial charge in [-0.25, -0.2) is 5.53 Å². The Morgan fingerprint density at radius 2 is 1.72 bits per heavy atom. The van der Waals surface area contributed by atoms with Gasteiger partial charge in [0.15, 0.2) is 0 Å². The fourth-order valence-electron chi connectivity index (χ4n) is 2.80. The van der Waals surface area contributed by atoms with Crippen LogP contribution < -0.4 is 5.32 Å². The van der Waals surface area contributed by atoms with Crippen LogP contribution in [0.25, 0.3) is 0 Å². The summed E-state index contributed by atoms with van der Waals surface area (Å²) in [6.07, 6.45) is 3.73. The van der Waals surface area contributed by atoms with Crippen LogP contribution >= 0.6 is 0 Å². The highest BCUT2D eigenvalue weighted by molar-refractivity contribution is 4.79. The van der Waals surface area contributed by atoms with Crippen molar-refractivity contribution < 1.29 is 4.74 Å². The molecule has 0 aromatic carbocycles. The van der Waals surface area contributed by atoms with Crippen LogP contribution in [0.2, 0.25) is 0 Å². The molecule has 0 bridgehead atoms. The van der Waals surface area contributed by atoms with Crippen molar-refractivity contribution in [3.05, 3.63) is 0 Å². The number of hydrogen-bond acceptors (Lipinski definition) is 6. The molecular formula is C19H43N5O. The van der Waals surface area contributed by atoms with E-state index in [0.717, 1.165) is 45.1 Å². The zero-order chi connectivity index (χ0) is 19.2. The quantitative estimate of drug-likeness (QED) is 0.417. The highest BCUT2D eigenvalue weighted by Gasteiger charge is 2.19. The molecule has 3 unspecified atom stereocenters. The topological polar surface area (TPSA) is 63.9 Å². The molecule has 0 aromatic heterocycles. The first-order valence-corrected chi connectivity index (χ1v) is 9.83. The van der Waals surface area contributed by atoms with E-state index in [1.165, 1.54) is 12.8 Å². The van der Waals surface area contributed by atoms with Gasteiger partial charge in [-0.05, 0) is 39.9 Å². The van der Waals surface area contributed by atoms with Gasteiger partial charge < -0.3 is 19.9 Å². The summed E-state index contributed by atoms with van der Waals surface area (Å²) in [5.74, 6) is 0.740. The number of methoxy groups -OCH3 is 1. The average molecular weight is 358 g/mol. The van der Waals surface area contributed by atoms with Gasteiger partial charge in [0, 0.05) is 39.3 Å². The van der Waals surface area contributed by atoms with Gasteiger partial charge >= 0.3 is 0 Å². The van der Waals surface area contributed by atoms with Crippen LogP contribution in [0, 0.1) is 11.4 Å². The van der Waals surface area contributed by atoms with Crippen molar-refractivity contribution in [3.63, 3.8) is 0 Å². The second-order valence-electron chi connectivity index (χ2n) is 7.72. The van der Waals surface area contributed by atoms with Crippen molar-refractivity contribution in [1.82, 2.24) is 15.1 Å². The molecule has 0 aromatic rings. The molecule has 150 valence electrons. The summed E-state index contributed by atoms with van der Waals surface area (Å²) in [4.78, 5) is 4.57. The maximum atomic E-state index is 7.51. The van der Waals surface area contributed by atoms with Crippen LogP contribution in [0.15, 0.2) is 5.11 Å². The van der Waals surface area contributed by atoms with Crippen molar-refractivity contribution in [3.8, 4) is 0 Å². The summed E-state index contributed by atoms with van der Waals surface area (Å²) in [5, 5.41) is 7.43. The zero-order valence-corrected chi connectivity index (χ0v) is 17.7. The molecule has 0 aliphatic rings. The number of hydrogen-bond donors (Lipinski definition) is 2. The Kier molecular flexibility index (Phi) is 14.3. The van der Waals surface area contributed by atoms with Crippen LogP contribution in [0.3, 0.4) is 0 Å². The van der Waals surface area contributed by atoms with E-state index in [1.807, 2.05) is 0 Å². The van der Waals surface area contributed by atoms with Crippen molar-refractivity contribution in [2.75, 3.05) is 53.9 Å². The second kappa shape index (κ2) is 14.6. The summed E-state index contributed by atoms with van der Waals surface area (Å²) >= 11 is 0. The molecule has 0 radical (unpaired) electrons. The average Bonchev–Trinajstić information content (AvgIpc) is 2.60. The lowest BCUT2D eigenvalue weighted by Crippen LogP contribution is -2.45. The Hall–Kier alpha value is -0.560. The zero-order valence-electron chi connectivity index (χ0n) is 17.7.